The zero-order chi connectivity index (χ0) is 39.7. The number of aryl methyl sites for hydroxylation is 1. The van der Waals surface area contributed by atoms with Gasteiger partial charge in [0.1, 0.15) is 11.9 Å². The van der Waals surface area contributed by atoms with Crippen LogP contribution >= 0.6 is 0 Å². The predicted molar refractivity (Wildman–Crippen MR) is 211 cm³/mol. The molecule has 3 rings (SSSR count). The van der Waals surface area contributed by atoms with E-state index in [1.807, 2.05) is 87.4 Å². The second-order valence-corrected chi connectivity index (χ2v) is 12.9. The van der Waals surface area contributed by atoms with Gasteiger partial charge in [-0.25, -0.2) is 9.59 Å². The molecule has 10 heteroatoms. The third kappa shape index (κ3) is 28.3. The van der Waals surface area contributed by atoms with Crippen LogP contribution in [-0.2, 0) is 14.3 Å². The van der Waals surface area contributed by atoms with Crippen molar-refractivity contribution in [3.8, 4) is 12.8 Å². The number of piperidine rings is 1. The van der Waals surface area contributed by atoms with E-state index in [9.17, 15) is 19.2 Å². The molecule has 4 amide bonds. The first-order valence-corrected chi connectivity index (χ1v) is 18.4. The maximum Gasteiger partial charge on any atom is 0.410 e. The van der Waals surface area contributed by atoms with Crippen molar-refractivity contribution in [3.05, 3.63) is 35.9 Å². The molecule has 2 aliphatic heterocycles. The van der Waals surface area contributed by atoms with Crippen LogP contribution in [0.2, 0.25) is 0 Å². The van der Waals surface area contributed by atoms with E-state index < -0.39 is 11.6 Å². The third-order valence-electron chi connectivity index (χ3n) is 7.44. The lowest BCUT2D eigenvalue weighted by molar-refractivity contribution is -0.110. The normalized spacial score (nSPS) is 15.5. The van der Waals surface area contributed by atoms with Crippen molar-refractivity contribution in [2.24, 2.45) is 5.92 Å². The number of nitrogens with one attached hydrogen (secondary N) is 2. The monoisotopic (exact) mass is 706 g/mol. The standard InChI is InChI=1S/C17H31N3O4.C7H8.C6H13N.C4H9NO.2C2H6.C2H2/c1-12(2)14(11-21)18-15(22)20-9-7-13(8-10-20)19(6)16(23)24-17(3,4)5;1-7-5-3-2-4-6-7;1-6-4-3-5-7(6)2;1-2-3-5-4-6;3*1-2/h11-14H,7-10H2,1-6H3,(H,18,22);2-6H,1H3;6H,3-5H2,1-2H3;4H,2-3H2,1H3,(H,5,6);2*1-2H3;1-2H/t;;6-;;;;/m..1..../s1. The number of likely N-dealkylation sites (tertiary alicyclic amines) is 2. The minimum absolute atomic E-state index is 0.0517. The average Bonchev–Trinajstić information content (AvgIpc) is 3.50. The number of urea groups is 1. The molecule has 0 bridgehead atoms. The number of carbonyl (C=O) groups excluding carboxylic acids is 4. The summed E-state index contributed by atoms with van der Waals surface area (Å²) in [5, 5.41) is 5.26. The molecule has 1 aromatic rings. The van der Waals surface area contributed by atoms with Crippen molar-refractivity contribution in [1.29, 1.82) is 0 Å². The van der Waals surface area contributed by atoms with E-state index in [-0.39, 0.29) is 24.1 Å². The van der Waals surface area contributed by atoms with E-state index in [0.717, 1.165) is 25.3 Å². The summed E-state index contributed by atoms with van der Waals surface area (Å²) in [6, 6.07) is 10.5. The van der Waals surface area contributed by atoms with E-state index in [1.165, 1.54) is 24.9 Å². The van der Waals surface area contributed by atoms with Gasteiger partial charge in [-0.05, 0) is 86.2 Å². The molecular weight excluding hydrogens is 630 g/mol. The van der Waals surface area contributed by atoms with Gasteiger partial charge in [0.05, 0.1) is 6.04 Å². The van der Waals surface area contributed by atoms with Crippen LogP contribution in [0.3, 0.4) is 0 Å². The number of nitrogens with zero attached hydrogens (tertiary/aromatic N) is 3. The minimum atomic E-state index is -0.521. The van der Waals surface area contributed by atoms with Crippen LogP contribution in [0.5, 0.6) is 0 Å². The number of benzene rings is 1. The zero-order valence-corrected chi connectivity index (χ0v) is 34.3. The Morgan fingerprint density at radius 3 is 1.80 bits per heavy atom. The lowest BCUT2D eigenvalue weighted by atomic mass is 10.0. The first-order valence-electron chi connectivity index (χ1n) is 18.4. The van der Waals surface area contributed by atoms with Gasteiger partial charge in [0.15, 0.2) is 0 Å². The average molecular weight is 706 g/mol. The molecule has 2 aliphatic rings. The largest absolute Gasteiger partial charge is 0.444 e. The quantitative estimate of drug-likeness (QED) is 0.170. The molecule has 2 fully saturated rings. The Kier molecular flexibility index (Phi) is 36.1. The van der Waals surface area contributed by atoms with Crippen molar-refractivity contribution in [3.63, 3.8) is 0 Å². The third-order valence-corrected chi connectivity index (χ3v) is 7.44. The number of aldehydes is 1. The fraction of sp³-hybridized carbons (Fsp3) is 0.700. The van der Waals surface area contributed by atoms with Crippen molar-refractivity contribution in [2.75, 3.05) is 40.3 Å². The summed E-state index contributed by atoms with van der Waals surface area (Å²) in [4.78, 5) is 50.5. The van der Waals surface area contributed by atoms with Crippen molar-refractivity contribution < 1.29 is 23.9 Å². The van der Waals surface area contributed by atoms with E-state index >= 15 is 0 Å². The highest BCUT2D eigenvalue weighted by Gasteiger charge is 2.30. The number of hydrogen-bond donors (Lipinski definition) is 2. The second-order valence-electron chi connectivity index (χ2n) is 12.9. The second kappa shape index (κ2) is 33.9. The number of ether oxygens (including phenoxy) is 1. The molecule has 0 spiro atoms. The topological polar surface area (TPSA) is 111 Å². The Hall–Kier alpha value is -3.58. The molecule has 2 saturated heterocycles. The smallest absolute Gasteiger partial charge is 0.410 e. The number of amides is 4. The van der Waals surface area contributed by atoms with Crippen molar-refractivity contribution in [2.45, 2.75) is 139 Å². The highest BCUT2D eigenvalue weighted by Crippen LogP contribution is 2.19. The van der Waals surface area contributed by atoms with E-state index in [4.69, 9.17) is 4.74 Å². The molecule has 0 aliphatic carbocycles. The summed E-state index contributed by atoms with van der Waals surface area (Å²) in [5.41, 5.74) is 0.801. The Morgan fingerprint density at radius 2 is 1.52 bits per heavy atom. The first-order chi connectivity index (χ1) is 23.7. The van der Waals surface area contributed by atoms with Gasteiger partial charge in [-0.3, -0.25) is 4.79 Å². The number of carbonyl (C=O) groups is 4. The van der Waals surface area contributed by atoms with Gasteiger partial charge in [0.25, 0.3) is 0 Å². The fourth-order valence-electron chi connectivity index (χ4n) is 4.35. The highest BCUT2D eigenvalue weighted by atomic mass is 16.6. The van der Waals surface area contributed by atoms with Crippen LogP contribution in [-0.4, -0.2) is 104 Å². The summed E-state index contributed by atoms with van der Waals surface area (Å²) < 4.78 is 5.38. The Bertz CT molecular complexity index is 965. The molecule has 0 aromatic heterocycles. The van der Waals surface area contributed by atoms with Crippen LogP contribution < -0.4 is 10.6 Å². The SMILES string of the molecule is C#C.CC.CC.CC(C)C(C=O)NC(=O)N1CCC(N(C)C(=O)OC(C)(C)C)CC1.CCCNC=O.C[C@@H]1CCCN1C.Cc1ccccc1. The molecule has 50 heavy (non-hydrogen) atoms. The maximum atomic E-state index is 12.2. The van der Waals surface area contributed by atoms with E-state index in [0.29, 0.717) is 32.3 Å². The molecule has 0 radical (unpaired) electrons. The molecule has 0 saturated carbocycles. The predicted octanol–water partition coefficient (Wildman–Crippen LogP) is 7.79. The molecule has 1 aromatic carbocycles. The minimum Gasteiger partial charge on any atom is -0.444 e. The maximum absolute atomic E-state index is 12.2. The summed E-state index contributed by atoms with van der Waals surface area (Å²) in [6.45, 7) is 26.9. The van der Waals surface area contributed by atoms with Crippen LogP contribution in [0.15, 0.2) is 30.3 Å². The molecule has 2 N–H and O–H groups in total. The summed E-state index contributed by atoms with van der Waals surface area (Å²) in [7, 11) is 3.92. The zero-order valence-electron chi connectivity index (χ0n) is 34.3. The molecule has 290 valence electrons. The van der Waals surface area contributed by atoms with E-state index in [2.05, 4.69) is 61.4 Å². The van der Waals surface area contributed by atoms with Crippen molar-refractivity contribution in [1.82, 2.24) is 25.3 Å². The first kappa shape index (κ1) is 53.2. The van der Waals surface area contributed by atoms with Crippen LogP contribution in [0.25, 0.3) is 0 Å². The highest BCUT2D eigenvalue weighted by molar-refractivity contribution is 5.78. The number of rotatable bonds is 7. The lowest BCUT2D eigenvalue weighted by Crippen LogP contribution is -2.53. The number of hydrogen-bond acceptors (Lipinski definition) is 6. The molecule has 1 unspecified atom stereocenters. The van der Waals surface area contributed by atoms with Gasteiger partial charge < -0.3 is 34.9 Å². The Labute approximate surface area is 307 Å². The summed E-state index contributed by atoms with van der Waals surface area (Å²) >= 11 is 0. The van der Waals surface area contributed by atoms with Gasteiger partial charge in [0.2, 0.25) is 6.41 Å². The van der Waals surface area contributed by atoms with Crippen LogP contribution in [0.1, 0.15) is 114 Å². The summed E-state index contributed by atoms with van der Waals surface area (Å²) in [5.74, 6) is 0.0577. The molecular formula is C40H75N5O5. The van der Waals surface area contributed by atoms with E-state index in [1.54, 1.807) is 16.8 Å². The van der Waals surface area contributed by atoms with Gasteiger partial charge in [-0.15, -0.1) is 12.8 Å². The van der Waals surface area contributed by atoms with Crippen LogP contribution in [0.4, 0.5) is 9.59 Å². The Morgan fingerprint density at radius 1 is 1.00 bits per heavy atom. The van der Waals surface area contributed by atoms with Crippen molar-refractivity contribution >= 4 is 24.8 Å². The molecule has 10 nitrogen and oxygen atoms in total. The lowest BCUT2D eigenvalue weighted by Gasteiger charge is -2.37. The van der Waals surface area contributed by atoms with Gasteiger partial charge in [0, 0.05) is 38.8 Å². The molecule has 2 atom stereocenters. The van der Waals surface area contributed by atoms with Gasteiger partial charge in [-0.1, -0.05) is 84.4 Å². The van der Waals surface area contributed by atoms with Gasteiger partial charge >= 0.3 is 12.1 Å². The van der Waals surface area contributed by atoms with Crippen LogP contribution in [0, 0.1) is 25.7 Å². The summed E-state index contributed by atoms with van der Waals surface area (Å²) in [6.07, 6.45) is 14.3. The fourth-order valence-corrected chi connectivity index (χ4v) is 4.35. The Balaban J connectivity index is -0.000000328. The van der Waals surface area contributed by atoms with Gasteiger partial charge in [-0.2, -0.15) is 0 Å². The number of terminal acetylenes is 1. The molecule has 2 heterocycles.